The van der Waals surface area contributed by atoms with Gasteiger partial charge < -0.3 is 20.7 Å². The zero-order valence-electron chi connectivity index (χ0n) is 25.0. The van der Waals surface area contributed by atoms with Gasteiger partial charge in [-0.2, -0.15) is 10.1 Å². The van der Waals surface area contributed by atoms with Crippen LogP contribution in [0, 0.1) is 12.8 Å². The molecule has 3 aromatic rings. The number of aryl methyl sites for hydroxylation is 2. The summed E-state index contributed by atoms with van der Waals surface area (Å²) < 4.78 is 21.0. The number of nitrogens with one attached hydrogen (secondary N) is 3. The highest BCUT2D eigenvalue weighted by atomic mass is 35.5. The van der Waals surface area contributed by atoms with Crippen LogP contribution in [0.5, 0.6) is 5.75 Å². The number of anilines is 4. The number of hydrogen-bond acceptors (Lipinski definition) is 8. The van der Waals surface area contributed by atoms with Crippen molar-refractivity contribution in [3.05, 3.63) is 40.7 Å². The summed E-state index contributed by atoms with van der Waals surface area (Å²) in [4.78, 5) is 9.14. The summed E-state index contributed by atoms with van der Waals surface area (Å²) in [6.45, 7) is 6.27. The first-order valence-corrected chi connectivity index (χ1v) is 17.0. The molecular weight excluding hydrogens is 570 g/mol. The average Bonchev–Trinajstić information content (AvgIpc) is 3.88. The van der Waals surface area contributed by atoms with Crippen LogP contribution >= 0.6 is 11.6 Å². The maximum absolute atomic E-state index is 12.9. The molecule has 0 amide bonds. The molecule has 0 aliphatic heterocycles. The average molecular weight is 612 g/mol. The Hall–Kier alpha value is -2.69. The summed E-state index contributed by atoms with van der Waals surface area (Å²) in [6.07, 6.45) is 13.3. The summed E-state index contributed by atoms with van der Waals surface area (Å²) in [6, 6.07) is 5.85. The highest BCUT2D eigenvalue weighted by Gasteiger charge is 2.30. The molecule has 3 N–H and O–H groups in total. The van der Waals surface area contributed by atoms with E-state index in [0.29, 0.717) is 45.2 Å². The van der Waals surface area contributed by atoms with E-state index in [1.807, 2.05) is 13.8 Å². The molecule has 3 aliphatic rings. The zero-order chi connectivity index (χ0) is 29.4. The lowest BCUT2D eigenvalue weighted by molar-refractivity contribution is 0.303. The number of ether oxygens (including phenoxy) is 1. The predicted octanol–water partition coefficient (Wildman–Crippen LogP) is 6.74. The van der Waals surface area contributed by atoms with Crippen LogP contribution in [-0.4, -0.2) is 47.9 Å². The molecule has 9 nitrogen and oxygen atoms in total. The molecule has 1 unspecified atom stereocenters. The molecule has 0 bridgehead atoms. The molecule has 6 rings (SSSR count). The number of nitrogens with zero attached hydrogens (tertiary/aromatic N) is 4. The minimum atomic E-state index is -1.25. The second kappa shape index (κ2) is 12.5. The Morgan fingerprint density at radius 1 is 1.05 bits per heavy atom. The van der Waals surface area contributed by atoms with E-state index in [1.54, 1.807) is 24.1 Å². The molecule has 1 aromatic carbocycles. The van der Waals surface area contributed by atoms with Gasteiger partial charge >= 0.3 is 0 Å². The van der Waals surface area contributed by atoms with Gasteiger partial charge in [0.05, 0.1) is 34.5 Å². The van der Waals surface area contributed by atoms with Gasteiger partial charge in [0.1, 0.15) is 10.8 Å². The van der Waals surface area contributed by atoms with Gasteiger partial charge in [0.2, 0.25) is 5.95 Å². The van der Waals surface area contributed by atoms with Gasteiger partial charge in [0.25, 0.3) is 0 Å². The smallest absolute Gasteiger partial charge is 0.229 e. The summed E-state index contributed by atoms with van der Waals surface area (Å²) in [5.74, 6) is 3.02. The van der Waals surface area contributed by atoms with Crippen LogP contribution in [0.3, 0.4) is 0 Å². The van der Waals surface area contributed by atoms with Crippen LogP contribution < -0.4 is 20.7 Å². The molecule has 1 atom stereocenters. The van der Waals surface area contributed by atoms with Crippen molar-refractivity contribution in [1.82, 2.24) is 25.1 Å². The molecule has 11 heteroatoms. The molecular formula is C31H42ClN7O2S. The second-order valence-corrected chi connectivity index (χ2v) is 14.4. The largest absolute Gasteiger partial charge is 0.488 e. The van der Waals surface area contributed by atoms with Crippen LogP contribution in [0.15, 0.2) is 29.6 Å². The maximum atomic E-state index is 12.9. The van der Waals surface area contributed by atoms with Crippen molar-refractivity contribution < 1.29 is 8.95 Å². The van der Waals surface area contributed by atoms with E-state index in [1.165, 1.54) is 49.7 Å². The number of benzene rings is 1. The Kier molecular flexibility index (Phi) is 8.75. The third-order valence-electron chi connectivity index (χ3n) is 8.14. The molecule has 0 radical (unpaired) electrons. The van der Waals surface area contributed by atoms with Crippen molar-refractivity contribution in [2.45, 2.75) is 101 Å². The van der Waals surface area contributed by atoms with Crippen molar-refractivity contribution in [2.24, 2.45) is 13.0 Å². The van der Waals surface area contributed by atoms with E-state index >= 15 is 0 Å². The monoisotopic (exact) mass is 611 g/mol. The molecule has 2 heterocycles. The van der Waals surface area contributed by atoms with E-state index < -0.39 is 10.8 Å². The molecule has 3 aliphatic carbocycles. The Balaban J connectivity index is 1.21. The minimum absolute atomic E-state index is 0.263. The van der Waals surface area contributed by atoms with Gasteiger partial charge in [0.15, 0.2) is 10.8 Å². The Labute approximate surface area is 256 Å². The van der Waals surface area contributed by atoms with Gasteiger partial charge in [-0.25, -0.2) is 4.98 Å². The van der Waals surface area contributed by atoms with Crippen LogP contribution in [0.2, 0.25) is 5.02 Å². The van der Waals surface area contributed by atoms with E-state index in [9.17, 15) is 4.21 Å². The fourth-order valence-corrected chi connectivity index (χ4v) is 7.20. The second-order valence-electron chi connectivity index (χ2n) is 12.6. The van der Waals surface area contributed by atoms with Crippen LogP contribution in [0.25, 0.3) is 0 Å². The molecule has 0 saturated heterocycles. The predicted molar refractivity (Wildman–Crippen MR) is 169 cm³/mol. The fraction of sp³-hybridized carbons (Fsp3) is 0.581. The summed E-state index contributed by atoms with van der Waals surface area (Å²) in [5, 5.41) is 15.7. The number of aromatic nitrogens is 4. The number of halogens is 1. The van der Waals surface area contributed by atoms with Crippen molar-refractivity contribution >= 4 is 45.5 Å². The Morgan fingerprint density at radius 3 is 2.43 bits per heavy atom. The van der Waals surface area contributed by atoms with E-state index in [-0.39, 0.29) is 12.0 Å². The van der Waals surface area contributed by atoms with E-state index in [4.69, 9.17) is 16.3 Å². The van der Waals surface area contributed by atoms with Crippen LogP contribution in [0.4, 0.5) is 23.1 Å². The topological polar surface area (TPSA) is 106 Å². The van der Waals surface area contributed by atoms with Gasteiger partial charge in [-0.05, 0) is 93.4 Å². The normalized spacial score (nSPS) is 21.4. The lowest BCUT2D eigenvalue weighted by Gasteiger charge is -2.31. The first kappa shape index (κ1) is 29.4. The first-order valence-electron chi connectivity index (χ1n) is 15.3. The lowest BCUT2D eigenvalue weighted by Crippen LogP contribution is -2.34. The Morgan fingerprint density at radius 2 is 1.76 bits per heavy atom. The molecule has 3 fully saturated rings. The van der Waals surface area contributed by atoms with E-state index in [2.05, 4.69) is 50.1 Å². The van der Waals surface area contributed by atoms with Gasteiger partial charge in [-0.3, -0.25) is 8.89 Å². The van der Waals surface area contributed by atoms with Gasteiger partial charge in [-0.15, -0.1) is 0 Å². The highest BCUT2D eigenvalue weighted by Crippen LogP contribution is 2.42. The van der Waals surface area contributed by atoms with Gasteiger partial charge in [0, 0.05) is 31.1 Å². The summed E-state index contributed by atoms with van der Waals surface area (Å²) in [5.41, 5.74) is 4.10. The molecule has 226 valence electrons. The third kappa shape index (κ3) is 7.26. The van der Waals surface area contributed by atoms with Gasteiger partial charge in [-0.1, -0.05) is 25.4 Å². The maximum Gasteiger partial charge on any atom is 0.229 e. The molecule has 3 saturated carbocycles. The molecule has 2 aromatic heterocycles. The minimum Gasteiger partial charge on any atom is -0.488 e. The molecule has 42 heavy (non-hydrogen) atoms. The van der Waals surface area contributed by atoms with Crippen molar-refractivity contribution in [3.63, 3.8) is 0 Å². The number of hydrogen-bond donors (Lipinski definition) is 3. The van der Waals surface area contributed by atoms with Crippen molar-refractivity contribution in [2.75, 3.05) is 16.4 Å². The highest BCUT2D eigenvalue weighted by molar-refractivity contribution is 7.85. The third-order valence-corrected chi connectivity index (χ3v) is 10.1. The lowest BCUT2D eigenvalue weighted by atomic mass is 9.80. The first-order chi connectivity index (χ1) is 20.2. The van der Waals surface area contributed by atoms with Crippen LogP contribution in [0.1, 0.15) is 82.3 Å². The molecule has 0 spiro atoms. The summed E-state index contributed by atoms with van der Waals surface area (Å²) in [7, 11) is 0.555. The zero-order valence-corrected chi connectivity index (χ0v) is 26.5. The Bertz CT molecular complexity index is 1450. The SMILES string of the molecule is Cc1cc(Nc2ncc(Cl)c(Nc3cn(C)nc3S(=O)CC(C)C)n2)c(OC2CC2)cc1C1CCC(NC2CC2)CC1. The standard InChI is InChI=1S/C31H42ClN7O2S/c1-18(2)17-42(40)30-27(16-39(4)38-30)35-29-25(32)15-33-31(37-29)36-26-13-19(3)24(14-28(26)41-23-11-12-23)20-5-7-21(8-6-20)34-22-9-10-22/h13-16,18,20-23,34H,5-12,17H2,1-4H3,(H2,33,35,36,37). The number of rotatable bonds is 12. The van der Waals surface area contributed by atoms with Crippen molar-refractivity contribution in [3.8, 4) is 5.75 Å². The quantitative estimate of drug-likeness (QED) is 0.207. The fourth-order valence-electron chi connectivity index (χ4n) is 5.73. The summed E-state index contributed by atoms with van der Waals surface area (Å²) >= 11 is 6.51. The van der Waals surface area contributed by atoms with E-state index in [0.717, 1.165) is 30.3 Å². The van der Waals surface area contributed by atoms with Crippen molar-refractivity contribution in [1.29, 1.82) is 0 Å². The van der Waals surface area contributed by atoms with Crippen LogP contribution in [-0.2, 0) is 17.8 Å².